The highest BCUT2D eigenvalue weighted by Crippen LogP contribution is 2.28. The maximum Gasteiger partial charge on any atom is 0.339 e. The van der Waals surface area contributed by atoms with Gasteiger partial charge in [0, 0.05) is 11.7 Å². The largest absolute Gasteiger partial charge is 0.447 e. The van der Waals surface area contributed by atoms with Crippen molar-refractivity contribution in [2.24, 2.45) is 0 Å². The molecule has 1 heterocycles. The third-order valence-electron chi connectivity index (χ3n) is 4.18. The summed E-state index contributed by atoms with van der Waals surface area (Å²) in [6.07, 6.45) is 0.864. The van der Waals surface area contributed by atoms with Crippen molar-refractivity contribution in [2.45, 2.75) is 37.3 Å². The highest BCUT2D eigenvalue weighted by atomic mass is 35.5. The normalized spacial score (nSPS) is 12.9. The van der Waals surface area contributed by atoms with Crippen LogP contribution in [0, 0.1) is 0 Å². The smallest absolute Gasteiger partial charge is 0.339 e. The van der Waals surface area contributed by atoms with Crippen LogP contribution in [-0.4, -0.2) is 24.9 Å². The van der Waals surface area contributed by atoms with E-state index in [2.05, 4.69) is 9.71 Å². The molecule has 0 spiro atoms. The van der Waals surface area contributed by atoms with Gasteiger partial charge in [-0.1, -0.05) is 48.0 Å². The number of carbonyl (C=O) groups excluding carboxylic acids is 1. The highest BCUT2D eigenvalue weighted by Gasteiger charge is 2.27. The number of benzene rings is 2. The van der Waals surface area contributed by atoms with Gasteiger partial charge < -0.3 is 4.74 Å². The number of hydrogen-bond donors (Lipinski definition) is 1. The first-order valence-corrected chi connectivity index (χ1v) is 11.4. The van der Waals surface area contributed by atoms with Crippen molar-refractivity contribution in [3.8, 4) is 0 Å². The number of rotatable bonds is 6. The van der Waals surface area contributed by atoms with E-state index in [1.807, 2.05) is 30.3 Å². The fraction of sp³-hybridized carbons (Fsp3) is 0.217. The summed E-state index contributed by atoms with van der Waals surface area (Å²) in [4.78, 5) is 17.1. The van der Waals surface area contributed by atoms with Crippen molar-refractivity contribution >= 4 is 27.6 Å². The number of nitrogens with zero attached hydrogens (tertiary/aromatic N) is 1. The molecule has 0 bridgehead atoms. The molecule has 3 aromatic rings. The Kier molecular flexibility index (Phi) is 6.79. The molecule has 1 unspecified atom stereocenters. The van der Waals surface area contributed by atoms with E-state index in [1.54, 1.807) is 45.2 Å². The number of halogens is 1. The van der Waals surface area contributed by atoms with Crippen molar-refractivity contribution < 1.29 is 17.9 Å². The van der Waals surface area contributed by atoms with Gasteiger partial charge in [-0.05, 0) is 56.7 Å². The van der Waals surface area contributed by atoms with Gasteiger partial charge in [0.2, 0.25) is 10.0 Å². The topological polar surface area (TPSA) is 85.4 Å². The molecule has 6 nitrogen and oxygen atoms in total. The van der Waals surface area contributed by atoms with Gasteiger partial charge in [0.25, 0.3) is 0 Å². The second kappa shape index (κ2) is 9.18. The lowest BCUT2D eigenvalue weighted by molar-refractivity contribution is 0.0370. The van der Waals surface area contributed by atoms with E-state index in [0.29, 0.717) is 5.69 Å². The average Bonchev–Trinajstić information content (AvgIpc) is 2.71. The molecule has 0 aliphatic rings. The zero-order chi connectivity index (χ0) is 22.6. The van der Waals surface area contributed by atoms with Crippen LogP contribution in [0.2, 0.25) is 5.02 Å². The van der Waals surface area contributed by atoms with E-state index in [1.165, 1.54) is 18.2 Å². The van der Waals surface area contributed by atoms with Crippen LogP contribution in [0.1, 0.15) is 48.5 Å². The molecule has 0 fully saturated rings. The number of nitrogens with one attached hydrogen (secondary N) is 1. The van der Waals surface area contributed by atoms with Crippen molar-refractivity contribution in [3.05, 3.63) is 94.8 Å². The Morgan fingerprint density at radius 1 is 1.03 bits per heavy atom. The quantitative estimate of drug-likeness (QED) is 0.538. The van der Waals surface area contributed by atoms with E-state index in [-0.39, 0.29) is 15.5 Å². The third kappa shape index (κ3) is 5.91. The summed E-state index contributed by atoms with van der Waals surface area (Å²) in [6.45, 7) is 5.15. The standard InChI is InChI=1S/C23H23ClN2O4S/c1-23(2,3)26-31(28,29)20-15-17(12-13-18(20)24)22(27)30-21(16-9-5-4-6-10-16)19-11-7-8-14-25-19/h4-15,21,26H,1-3H3. The van der Waals surface area contributed by atoms with Crippen LogP contribution in [0.15, 0.2) is 77.8 Å². The van der Waals surface area contributed by atoms with Gasteiger partial charge in [-0.2, -0.15) is 0 Å². The summed E-state index contributed by atoms with van der Waals surface area (Å²) in [5.41, 5.74) is 0.648. The van der Waals surface area contributed by atoms with Gasteiger partial charge in [-0.25, -0.2) is 17.9 Å². The lowest BCUT2D eigenvalue weighted by Gasteiger charge is -2.21. The molecular weight excluding hydrogens is 436 g/mol. The Balaban J connectivity index is 1.95. The lowest BCUT2D eigenvalue weighted by Crippen LogP contribution is -2.40. The lowest BCUT2D eigenvalue weighted by atomic mass is 10.1. The summed E-state index contributed by atoms with van der Waals surface area (Å²) < 4.78 is 33.8. The van der Waals surface area contributed by atoms with E-state index in [9.17, 15) is 13.2 Å². The van der Waals surface area contributed by atoms with Crippen LogP contribution < -0.4 is 4.72 Å². The van der Waals surface area contributed by atoms with Crippen LogP contribution in [0.25, 0.3) is 0 Å². The number of carbonyl (C=O) groups is 1. The highest BCUT2D eigenvalue weighted by molar-refractivity contribution is 7.89. The molecule has 3 rings (SSSR count). The molecule has 31 heavy (non-hydrogen) atoms. The van der Waals surface area contributed by atoms with E-state index < -0.39 is 27.6 Å². The van der Waals surface area contributed by atoms with Crippen molar-refractivity contribution in [2.75, 3.05) is 0 Å². The fourth-order valence-corrected chi connectivity index (χ4v) is 4.87. The number of aromatic nitrogens is 1. The van der Waals surface area contributed by atoms with E-state index in [0.717, 1.165) is 5.56 Å². The molecule has 162 valence electrons. The van der Waals surface area contributed by atoms with Gasteiger partial charge in [0.15, 0.2) is 6.10 Å². The monoisotopic (exact) mass is 458 g/mol. The summed E-state index contributed by atoms with van der Waals surface area (Å²) in [7, 11) is -3.94. The molecule has 8 heteroatoms. The van der Waals surface area contributed by atoms with Gasteiger partial charge in [0.05, 0.1) is 16.3 Å². The Morgan fingerprint density at radius 3 is 2.32 bits per heavy atom. The Bertz CT molecular complexity index is 1120. The summed E-state index contributed by atoms with van der Waals surface area (Å²) in [5.74, 6) is -0.691. The SMILES string of the molecule is CC(C)(C)NS(=O)(=O)c1cc(C(=O)OC(c2ccccc2)c2ccccn2)ccc1Cl. The van der Waals surface area contributed by atoms with Crippen molar-refractivity contribution in [3.63, 3.8) is 0 Å². The van der Waals surface area contributed by atoms with Gasteiger partial charge in [-0.15, -0.1) is 0 Å². The molecule has 0 aliphatic carbocycles. The van der Waals surface area contributed by atoms with Crippen LogP contribution in [0.3, 0.4) is 0 Å². The fourth-order valence-electron chi connectivity index (χ4n) is 2.93. The second-order valence-electron chi connectivity index (χ2n) is 7.95. The first kappa shape index (κ1) is 22.9. The molecule has 1 N–H and O–H groups in total. The van der Waals surface area contributed by atoms with Crippen LogP contribution in [0.4, 0.5) is 0 Å². The number of ether oxygens (including phenoxy) is 1. The molecule has 0 radical (unpaired) electrons. The summed E-state index contributed by atoms with van der Waals surface area (Å²) in [6, 6.07) is 18.6. The molecule has 0 saturated heterocycles. The zero-order valence-corrected chi connectivity index (χ0v) is 18.9. The van der Waals surface area contributed by atoms with Gasteiger partial charge in [-0.3, -0.25) is 4.98 Å². The maximum absolute atomic E-state index is 13.0. The molecule has 0 saturated carbocycles. The van der Waals surface area contributed by atoms with Crippen LogP contribution in [0.5, 0.6) is 0 Å². The first-order chi connectivity index (χ1) is 14.6. The maximum atomic E-state index is 13.0. The predicted molar refractivity (Wildman–Crippen MR) is 119 cm³/mol. The molecule has 0 amide bonds. The van der Waals surface area contributed by atoms with Gasteiger partial charge in [0.1, 0.15) is 4.90 Å². The van der Waals surface area contributed by atoms with Crippen LogP contribution in [-0.2, 0) is 14.8 Å². The van der Waals surface area contributed by atoms with Crippen LogP contribution >= 0.6 is 11.6 Å². The predicted octanol–water partition coefficient (Wildman–Crippen LogP) is 4.76. The molecule has 2 aromatic carbocycles. The molecule has 1 atom stereocenters. The molecule has 0 aliphatic heterocycles. The number of esters is 1. The van der Waals surface area contributed by atoms with E-state index >= 15 is 0 Å². The Labute approximate surface area is 187 Å². The summed E-state index contributed by atoms with van der Waals surface area (Å²) >= 11 is 6.13. The number of sulfonamides is 1. The Morgan fingerprint density at radius 2 is 1.71 bits per heavy atom. The minimum Gasteiger partial charge on any atom is -0.447 e. The van der Waals surface area contributed by atoms with E-state index in [4.69, 9.17) is 16.3 Å². The number of hydrogen-bond acceptors (Lipinski definition) is 5. The summed E-state index contributed by atoms with van der Waals surface area (Å²) in [5, 5.41) is 0.0117. The van der Waals surface area contributed by atoms with Crippen molar-refractivity contribution in [1.29, 1.82) is 0 Å². The molecular formula is C23H23ClN2O4S. The zero-order valence-electron chi connectivity index (χ0n) is 17.4. The average molecular weight is 459 g/mol. The second-order valence-corrected chi connectivity index (χ2v) is 10.0. The Hall–Kier alpha value is -2.74. The minimum atomic E-state index is -3.94. The minimum absolute atomic E-state index is 0.0117. The third-order valence-corrected chi connectivity index (χ3v) is 6.42. The molecule has 1 aromatic heterocycles. The first-order valence-electron chi connectivity index (χ1n) is 9.57. The number of pyridine rings is 1. The van der Waals surface area contributed by atoms with Crippen molar-refractivity contribution in [1.82, 2.24) is 9.71 Å². The van der Waals surface area contributed by atoms with Gasteiger partial charge >= 0.3 is 5.97 Å².